The number of nitrogens with one attached hydrogen (secondary N) is 2. The van der Waals surface area contributed by atoms with Gasteiger partial charge in [0.1, 0.15) is 0 Å². The van der Waals surface area contributed by atoms with Gasteiger partial charge in [0.2, 0.25) is 0 Å². The monoisotopic (exact) mass is 413 g/mol. The number of alkyl halides is 2. The number of aryl methyl sites for hydroxylation is 1. The standard InChI is InChI=1S/C23H25F2N3O2/c1-16-19(20-4-2-3-5-21(20)26-16)12-13-28(15-22(24)25)14-18-8-6-17(7-9-18)10-11-23(29)27-30/h2-11,22,26,30H,12-15H2,1H3,(H,27,29)/b11-10+. The number of fused-ring (bicyclic) bond motifs is 1. The van der Waals surface area contributed by atoms with E-state index in [4.69, 9.17) is 5.21 Å². The number of benzene rings is 2. The molecule has 0 aliphatic heterocycles. The van der Waals surface area contributed by atoms with Gasteiger partial charge in [-0.2, -0.15) is 0 Å². The SMILES string of the molecule is Cc1[nH]c2ccccc2c1CCN(Cc1ccc(/C=C/C(=O)NO)cc1)CC(F)F. The van der Waals surface area contributed by atoms with Crippen LogP contribution in [0.5, 0.6) is 0 Å². The molecule has 30 heavy (non-hydrogen) atoms. The molecule has 0 radical (unpaired) electrons. The third kappa shape index (κ3) is 5.75. The van der Waals surface area contributed by atoms with Gasteiger partial charge in [-0.1, -0.05) is 42.5 Å². The van der Waals surface area contributed by atoms with E-state index in [2.05, 4.69) is 11.1 Å². The normalized spacial score (nSPS) is 11.8. The summed E-state index contributed by atoms with van der Waals surface area (Å²) in [7, 11) is 0. The van der Waals surface area contributed by atoms with Gasteiger partial charge in [0.05, 0.1) is 6.54 Å². The van der Waals surface area contributed by atoms with Crippen LogP contribution in [0.25, 0.3) is 17.0 Å². The van der Waals surface area contributed by atoms with Gasteiger partial charge in [-0.05, 0) is 42.2 Å². The van der Waals surface area contributed by atoms with Crippen molar-refractivity contribution in [3.63, 3.8) is 0 Å². The molecule has 2 aromatic carbocycles. The largest absolute Gasteiger partial charge is 0.358 e. The Labute approximate surface area is 174 Å². The number of aromatic nitrogens is 1. The molecule has 3 N–H and O–H groups in total. The summed E-state index contributed by atoms with van der Waals surface area (Å²) in [6.07, 6.45) is 1.04. The summed E-state index contributed by atoms with van der Waals surface area (Å²) in [5.41, 5.74) is 6.50. The number of rotatable bonds is 9. The van der Waals surface area contributed by atoms with Crippen LogP contribution in [-0.2, 0) is 17.8 Å². The Hall–Kier alpha value is -3.03. The highest BCUT2D eigenvalue weighted by atomic mass is 19.3. The molecule has 0 unspecified atom stereocenters. The van der Waals surface area contributed by atoms with Gasteiger partial charge in [0.25, 0.3) is 12.3 Å². The molecule has 5 nitrogen and oxygen atoms in total. The summed E-state index contributed by atoms with van der Waals surface area (Å²) in [4.78, 5) is 16.2. The number of hydrogen-bond acceptors (Lipinski definition) is 3. The first kappa shape index (κ1) is 21.7. The molecule has 1 amide bonds. The van der Waals surface area contributed by atoms with Gasteiger partial charge in [-0.25, -0.2) is 14.3 Å². The van der Waals surface area contributed by atoms with Crippen molar-refractivity contribution < 1.29 is 18.8 Å². The van der Waals surface area contributed by atoms with Crippen molar-refractivity contribution in [3.8, 4) is 0 Å². The minimum absolute atomic E-state index is 0.292. The topological polar surface area (TPSA) is 68.4 Å². The van der Waals surface area contributed by atoms with Crippen molar-refractivity contribution in [2.45, 2.75) is 26.3 Å². The molecule has 0 saturated carbocycles. The number of carbonyl (C=O) groups excluding carboxylic acids is 1. The number of H-pyrrole nitrogens is 1. The zero-order valence-electron chi connectivity index (χ0n) is 16.7. The van der Waals surface area contributed by atoms with Crippen LogP contribution in [0.15, 0.2) is 54.6 Å². The number of hydrogen-bond donors (Lipinski definition) is 3. The molecule has 0 fully saturated rings. The molecule has 3 rings (SSSR count). The minimum atomic E-state index is -2.41. The second kappa shape index (κ2) is 10.1. The molecule has 158 valence electrons. The molecule has 0 atom stereocenters. The van der Waals surface area contributed by atoms with Crippen LogP contribution in [0.2, 0.25) is 0 Å². The number of amides is 1. The Morgan fingerprint density at radius 3 is 2.63 bits per heavy atom. The first-order valence-electron chi connectivity index (χ1n) is 9.74. The molecule has 1 aromatic heterocycles. The van der Waals surface area contributed by atoms with Crippen LogP contribution in [0.4, 0.5) is 8.78 Å². The fourth-order valence-corrected chi connectivity index (χ4v) is 3.56. The fourth-order valence-electron chi connectivity index (χ4n) is 3.56. The molecule has 3 aromatic rings. The van der Waals surface area contributed by atoms with Crippen molar-refractivity contribution in [1.29, 1.82) is 0 Å². The highest BCUT2D eigenvalue weighted by molar-refractivity contribution is 5.90. The summed E-state index contributed by atoms with van der Waals surface area (Å²) in [5, 5.41) is 9.64. The van der Waals surface area contributed by atoms with E-state index in [1.807, 2.05) is 37.3 Å². The summed E-state index contributed by atoms with van der Waals surface area (Å²) in [6, 6.07) is 15.3. The van der Waals surface area contributed by atoms with E-state index >= 15 is 0 Å². The first-order chi connectivity index (χ1) is 14.5. The minimum Gasteiger partial charge on any atom is -0.358 e. The molecule has 0 saturated heterocycles. The van der Waals surface area contributed by atoms with Crippen LogP contribution in [0.3, 0.4) is 0 Å². The predicted octanol–water partition coefficient (Wildman–Crippen LogP) is 4.30. The molecule has 0 aliphatic carbocycles. The van der Waals surface area contributed by atoms with Gasteiger partial charge in [0.15, 0.2) is 0 Å². The van der Waals surface area contributed by atoms with Crippen LogP contribution >= 0.6 is 0 Å². The molecule has 0 aliphatic rings. The van der Waals surface area contributed by atoms with Crippen molar-refractivity contribution in [2.75, 3.05) is 13.1 Å². The summed E-state index contributed by atoms with van der Waals surface area (Å²) in [5.74, 6) is -0.616. The van der Waals surface area contributed by atoms with E-state index in [-0.39, 0.29) is 6.54 Å². The van der Waals surface area contributed by atoms with E-state index in [1.54, 1.807) is 23.1 Å². The number of nitrogens with zero attached hydrogens (tertiary/aromatic N) is 1. The van der Waals surface area contributed by atoms with E-state index < -0.39 is 12.3 Å². The third-order valence-corrected chi connectivity index (χ3v) is 5.02. The number of aromatic amines is 1. The Morgan fingerprint density at radius 2 is 1.93 bits per heavy atom. The summed E-state index contributed by atoms with van der Waals surface area (Å²) in [6.45, 7) is 2.65. The molecule has 0 bridgehead atoms. The van der Waals surface area contributed by atoms with Crippen LogP contribution in [-0.4, -0.2) is 40.5 Å². The predicted molar refractivity (Wildman–Crippen MR) is 113 cm³/mol. The maximum atomic E-state index is 13.1. The van der Waals surface area contributed by atoms with Crippen molar-refractivity contribution >= 4 is 22.9 Å². The number of para-hydroxylation sites is 1. The van der Waals surface area contributed by atoms with E-state index in [1.165, 1.54) is 11.6 Å². The Kier molecular flexibility index (Phi) is 7.32. The van der Waals surface area contributed by atoms with Gasteiger partial charge in [-0.3, -0.25) is 14.9 Å². The summed E-state index contributed by atoms with van der Waals surface area (Å²) < 4.78 is 26.3. The van der Waals surface area contributed by atoms with Gasteiger partial charge < -0.3 is 4.98 Å². The van der Waals surface area contributed by atoms with Crippen LogP contribution < -0.4 is 5.48 Å². The second-order valence-electron chi connectivity index (χ2n) is 7.20. The van der Waals surface area contributed by atoms with Crippen molar-refractivity contribution in [3.05, 3.63) is 77.0 Å². The lowest BCUT2D eigenvalue weighted by atomic mass is 10.1. The number of halogens is 2. The zero-order chi connectivity index (χ0) is 21.5. The van der Waals surface area contributed by atoms with Gasteiger partial charge in [0, 0.05) is 35.8 Å². The van der Waals surface area contributed by atoms with Gasteiger partial charge >= 0.3 is 0 Å². The van der Waals surface area contributed by atoms with E-state index in [9.17, 15) is 13.6 Å². The molecular formula is C23H25F2N3O2. The lowest BCUT2D eigenvalue weighted by Gasteiger charge is -2.22. The molecule has 1 heterocycles. The van der Waals surface area contributed by atoms with Crippen molar-refractivity contribution in [2.24, 2.45) is 0 Å². The molecule has 7 heteroatoms. The maximum absolute atomic E-state index is 13.1. The quantitative estimate of drug-likeness (QED) is 0.278. The molecular weight excluding hydrogens is 388 g/mol. The lowest BCUT2D eigenvalue weighted by Crippen LogP contribution is -2.30. The second-order valence-corrected chi connectivity index (χ2v) is 7.20. The highest BCUT2D eigenvalue weighted by Gasteiger charge is 2.15. The Bertz CT molecular complexity index is 1010. The number of hydroxylamine groups is 1. The third-order valence-electron chi connectivity index (χ3n) is 5.02. The van der Waals surface area contributed by atoms with Crippen LogP contribution in [0, 0.1) is 6.92 Å². The number of carbonyl (C=O) groups is 1. The average molecular weight is 413 g/mol. The van der Waals surface area contributed by atoms with E-state index in [0.29, 0.717) is 19.5 Å². The fraction of sp³-hybridized carbons (Fsp3) is 0.261. The van der Waals surface area contributed by atoms with Crippen LogP contribution in [0.1, 0.15) is 22.4 Å². The summed E-state index contributed by atoms with van der Waals surface area (Å²) >= 11 is 0. The van der Waals surface area contributed by atoms with Crippen molar-refractivity contribution in [1.82, 2.24) is 15.4 Å². The Morgan fingerprint density at radius 1 is 1.20 bits per heavy atom. The molecule has 0 spiro atoms. The Balaban J connectivity index is 1.68. The van der Waals surface area contributed by atoms with Gasteiger partial charge in [-0.15, -0.1) is 0 Å². The first-order valence-corrected chi connectivity index (χ1v) is 9.74. The lowest BCUT2D eigenvalue weighted by molar-refractivity contribution is -0.124. The smallest absolute Gasteiger partial charge is 0.267 e. The average Bonchev–Trinajstić information content (AvgIpc) is 3.05. The van der Waals surface area contributed by atoms with E-state index in [0.717, 1.165) is 33.3 Å². The maximum Gasteiger partial charge on any atom is 0.267 e. The highest BCUT2D eigenvalue weighted by Crippen LogP contribution is 2.23. The zero-order valence-corrected chi connectivity index (χ0v) is 16.7.